The number of ether oxygens (including phenoxy) is 1. The number of nitrogens with zero attached hydrogens (tertiary/aromatic N) is 3. The van der Waals surface area contributed by atoms with Gasteiger partial charge >= 0.3 is 6.03 Å². The number of urea groups is 1. The van der Waals surface area contributed by atoms with Crippen molar-refractivity contribution in [2.24, 2.45) is 0 Å². The molecule has 0 atom stereocenters. The Bertz CT molecular complexity index is 1600. The van der Waals surface area contributed by atoms with Gasteiger partial charge in [-0.25, -0.2) is 9.18 Å². The maximum Gasteiger partial charge on any atom is 0.324 e. The first-order valence-corrected chi connectivity index (χ1v) is 13.6. The van der Waals surface area contributed by atoms with Gasteiger partial charge < -0.3 is 19.9 Å². The Labute approximate surface area is 234 Å². The second-order valence-corrected chi connectivity index (χ2v) is 10.3. The highest BCUT2D eigenvalue weighted by Gasteiger charge is 2.14. The molecule has 0 radical (unpaired) electrons. The van der Waals surface area contributed by atoms with Gasteiger partial charge in [-0.15, -0.1) is 11.3 Å². The molecule has 0 fully saturated rings. The number of hydrogen-bond acceptors (Lipinski definition) is 8. The van der Waals surface area contributed by atoms with Gasteiger partial charge in [0, 0.05) is 44.2 Å². The van der Waals surface area contributed by atoms with Crippen molar-refractivity contribution < 1.29 is 18.4 Å². The second kappa shape index (κ2) is 12.8. The van der Waals surface area contributed by atoms with E-state index in [4.69, 9.17) is 9.26 Å². The highest BCUT2D eigenvalue weighted by Crippen LogP contribution is 2.34. The van der Waals surface area contributed by atoms with Crippen molar-refractivity contribution in [3.05, 3.63) is 89.2 Å². The minimum Gasteiger partial charge on any atom is -0.383 e. The molecule has 206 valence electrons. The van der Waals surface area contributed by atoms with Crippen molar-refractivity contribution >= 4 is 39.1 Å². The minimum atomic E-state index is -0.539. The molecule has 9 nitrogen and oxygen atoms in total. The molecule has 3 N–H and O–H groups in total. The third-order valence-electron chi connectivity index (χ3n) is 6.21. The van der Waals surface area contributed by atoms with E-state index >= 15 is 4.39 Å². The molecule has 0 saturated heterocycles. The van der Waals surface area contributed by atoms with Crippen molar-refractivity contribution in [2.75, 3.05) is 37.4 Å². The van der Waals surface area contributed by atoms with E-state index in [1.807, 2.05) is 24.4 Å². The lowest BCUT2D eigenvalue weighted by Gasteiger charge is -2.09. The Hall–Kier alpha value is -4.19. The fourth-order valence-corrected chi connectivity index (χ4v) is 5.29. The van der Waals surface area contributed by atoms with Crippen LogP contribution < -0.4 is 16.0 Å². The third-order valence-corrected chi connectivity index (χ3v) is 7.43. The predicted octanol–water partition coefficient (Wildman–Crippen LogP) is 5.81. The van der Waals surface area contributed by atoms with Crippen LogP contribution >= 0.6 is 11.3 Å². The number of carbonyl (C=O) groups is 1. The Morgan fingerprint density at radius 3 is 2.70 bits per heavy atom. The number of thiophene rings is 1. The van der Waals surface area contributed by atoms with Gasteiger partial charge in [-0.05, 0) is 66.9 Å². The Morgan fingerprint density at radius 2 is 1.95 bits per heavy atom. The standard InChI is InChI=1S/C29H29FN6O3S/c1-18-13-27(36-39-18)35-29(37)34-22-5-4-20(23(30)15-22)14-21-8-10-32-25-16-26(40-28(21)25)24-6-3-19(17-33-24)7-9-31-11-12-38-2/h3-6,8,10,13,15-17,31H,7,9,11-12,14H2,1-2H3,(H2,34,35,36,37). The number of hydrogen-bond donors (Lipinski definition) is 3. The lowest BCUT2D eigenvalue weighted by Crippen LogP contribution is -2.21. The molecule has 0 spiro atoms. The van der Waals surface area contributed by atoms with Crippen molar-refractivity contribution in [1.29, 1.82) is 0 Å². The Kier molecular flexibility index (Phi) is 8.74. The maximum atomic E-state index is 15.0. The molecule has 0 aliphatic carbocycles. The molecule has 5 rings (SSSR count). The number of rotatable bonds is 11. The average molecular weight is 561 g/mol. The zero-order valence-electron chi connectivity index (χ0n) is 22.2. The number of methoxy groups -OCH3 is 1. The van der Waals surface area contributed by atoms with E-state index in [-0.39, 0.29) is 5.82 Å². The molecule has 5 aromatic rings. The van der Waals surface area contributed by atoms with Gasteiger partial charge in [-0.2, -0.15) is 0 Å². The van der Waals surface area contributed by atoms with E-state index in [1.54, 1.807) is 49.8 Å². The van der Waals surface area contributed by atoms with Crippen LogP contribution in [-0.2, 0) is 17.6 Å². The molecule has 0 unspecified atom stereocenters. The molecular formula is C29H29FN6O3S. The maximum absolute atomic E-state index is 15.0. The second-order valence-electron chi connectivity index (χ2n) is 9.22. The highest BCUT2D eigenvalue weighted by molar-refractivity contribution is 7.22. The number of anilines is 2. The fourth-order valence-electron chi connectivity index (χ4n) is 4.18. The van der Waals surface area contributed by atoms with Gasteiger partial charge in [-0.1, -0.05) is 17.3 Å². The first-order valence-electron chi connectivity index (χ1n) is 12.8. The number of nitrogens with one attached hydrogen (secondary N) is 3. The molecule has 4 heterocycles. The van der Waals surface area contributed by atoms with Gasteiger partial charge in [0.1, 0.15) is 11.6 Å². The van der Waals surface area contributed by atoms with E-state index in [0.717, 1.165) is 51.4 Å². The predicted molar refractivity (Wildman–Crippen MR) is 154 cm³/mol. The molecule has 11 heteroatoms. The minimum absolute atomic E-state index is 0.279. The summed E-state index contributed by atoms with van der Waals surface area (Å²) in [6.07, 6.45) is 4.92. The van der Waals surface area contributed by atoms with E-state index in [1.165, 1.54) is 6.07 Å². The molecule has 4 aromatic heterocycles. The van der Waals surface area contributed by atoms with Crippen molar-refractivity contribution in [3.8, 4) is 10.6 Å². The van der Waals surface area contributed by atoms with Gasteiger partial charge in [0.15, 0.2) is 5.82 Å². The fraction of sp³-hybridized carbons (Fsp3) is 0.241. The molecule has 40 heavy (non-hydrogen) atoms. The molecule has 0 saturated carbocycles. The third kappa shape index (κ3) is 6.87. The van der Waals surface area contributed by atoms with E-state index in [2.05, 4.69) is 37.1 Å². The molecule has 2 amide bonds. The summed E-state index contributed by atoms with van der Waals surface area (Å²) in [5.41, 5.74) is 4.71. The molecule has 0 aliphatic rings. The molecule has 0 aliphatic heterocycles. The summed E-state index contributed by atoms with van der Waals surface area (Å²) in [7, 11) is 1.69. The Balaban J connectivity index is 1.25. The normalized spacial score (nSPS) is 11.2. The van der Waals surface area contributed by atoms with Crippen LogP contribution in [0, 0.1) is 12.7 Å². The number of halogens is 1. The van der Waals surface area contributed by atoms with Crippen LogP contribution in [0.5, 0.6) is 0 Å². The Morgan fingerprint density at radius 1 is 1.05 bits per heavy atom. The number of fused-ring (bicyclic) bond motifs is 1. The summed E-state index contributed by atoms with van der Waals surface area (Å²) >= 11 is 1.60. The molecule has 1 aromatic carbocycles. The van der Waals surface area contributed by atoms with Gasteiger partial charge in [0.25, 0.3) is 0 Å². The van der Waals surface area contributed by atoms with Crippen LogP contribution in [0.3, 0.4) is 0 Å². The lowest BCUT2D eigenvalue weighted by atomic mass is 10.0. The monoisotopic (exact) mass is 560 g/mol. The summed E-state index contributed by atoms with van der Waals surface area (Å²) < 4.78 is 26.0. The summed E-state index contributed by atoms with van der Waals surface area (Å²) in [4.78, 5) is 22.4. The topological polar surface area (TPSA) is 114 Å². The zero-order valence-corrected chi connectivity index (χ0v) is 23.0. The van der Waals surface area contributed by atoms with Crippen molar-refractivity contribution in [2.45, 2.75) is 19.8 Å². The number of pyridine rings is 2. The number of benzene rings is 1. The van der Waals surface area contributed by atoms with Crippen LogP contribution in [-0.4, -0.2) is 48.0 Å². The molecule has 0 bridgehead atoms. The van der Waals surface area contributed by atoms with Gasteiger partial charge in [0.05, 0.1) is 27.4 Å². The summed E-state index contributed by atoms with van der Waals surface area (Å²) in [5.74, 6) is 0.438. The number of amides is 2. The van der Waals surface area contributed by atoms with E-state index in [9.17, 15) is 4.79 Å². The first-order chi connectivity index (χ1) is 19.5. The average Bonchev–Trinajstić information content (AvgIpc) is 3.57. The lowest BCUT2D eigenvalue weighted by molar-refractivity contribution is 0.199. The zero-order chi connectivity index (χ0) is 27.9. The van der Waals surface area contributed by atoms with Crippen LogP contribution in [0.2, 0.25) is 0 Å². The van der Waals surface area contributed by atoms with Gasteiger partial charge in [-0.3, -0.25) is 15.3 Å². The highest BCUT2D eigenvalue weighted by atomic mass is 32.1. The van der Waals surface area contributed by atoms with E-state index < -0.39 is 11.8 Å². The van der Waals surface area contributed by atoms with Crippen LogP contribution in [0.4, 0.5) is 20.7 Å². The first kappa shape index (κ1) is 27.4. The smallest absolute Gasteiger partial charge is 0.324 e. The summed E-state index contributed by atoms with van der Waals surface area (Å²) in [6.45, 7) is 4.10. The summed E-state index contributed by atoms with van der Waals surface area (Å²) in [6, 6.07) is 13.8. The number of aryl methyl sites for hydroxylation is 1. The van der Waals surface area contributed by atoms with Gasteiger partial charge in [0.2, 0.25) is 0 Å². The quantitative estimate of drug-likeness (QED) is 0.175. The van der Waals surface area contributed by atoms with Crippen LogP contribution in [0.1, 0.15) is 22.5 Å². The molecular weight excluding hydrogens is 531 g/mol. The van der Waals surface area contributed by atoms with E-state index in [0.29, 0.717) is 30.0 Å². The van der Waals surface area contributed by atoms with Crippen LogP contribution in [0.25, 0.3) is 20.8 Å². The largest absolute Gasteiger partial charge is 0.383 e. The van der Waals surface area contributed by atoms with Crippen molar-refractivity contribution in [1.82, 2.24) is 20.4 Å². The van der Waals surface area contributed by atoms with Crippen LogP contribution in [0.15, 0.2) is 65.4 Å². The van der Waals surface area contributed by atoms with Crippen molar-refractivity contribution in [3.63, 3.8) is 0 Å². The number of aromatic nitrogens is 3. The number of carbonyl (C=O) groups excluding carboxylic acids is 1. The summed E-state index contributed by atoms with van der Waals surface area (Å²) in [5, 5.41) is 12.2. The SMILES string of the molecule is COCCNCCc1ccc(-c2cc3nccc(Cc4ccc(NC(=O)Nc5cc(C)on5)cc4F)c3s2)nc1.